The first kappa shape index (κ1) is 91.1. The number of phenols is 2. The number of carboxylic acids is 2. The number of azo groups is 1. The molecule has 0 saturated carbocycles. The van der Waals surface area contributed by atoms with Gasteiger partial charge in [-0.15, -0.1) is 15.3 Å². The number of anilines is 3. The Bertz CT molecular complexity index is 3900. The molecule has 33 nitrogen and oxygen atoms in total. The van der Waals surface area contributed by atoms with Crippen LogP contribution in [-0.2, 0) is 29.8 Å². The third-order valence-corrected chi connectivity index (χ3v) is 15.5. The van der Waals surface area contributed by atoms with Gasteiger partial charge in [0.2, 0.25) is 0 Å². The summed E-state index contributed by atoms with van der Waals surface area (Å²) in [5, 5.41) is 98.1. The van der Waals surface area contributed by atoms with Crippen LogP contribution >= 0.6 is 23.6 Å². The van der Waals surface area contributed by atoms with Crippen LogP contribution in [-0.4, -0.2) is 103 Å². The third-order valence-electron chi connectivity index (χ3n) is 13.8. The maximum Gasteiger partial charge on any atom is 1.00 e. The summed E-state index contributed by atoms with van der Waals surface area (Å²) in [6, 6.07) is 29.7. The summed E-state index contributed by atoms with van der Waals surface area (Å²) in [6.07, 6.45) is 1.10. The number of benzene rings is 6. The van der Waals surface area contributed by atoms with E-state index in [1.807, 2.05) is 37.5 Å². The van der Waals surface area contributed by atoms with Crippen LogP contribution in [0.1, 0.15) is 89.2 Å². The first-order chi connectivity index (χ1) is 43.4. The van der Waals surface area contributed by atoms with Crippen LogP contribution in [0.4, 0.5) is 62.6 Å². The van der Waals surface area contributed by atoms with Gasteiger partial charge >= 0.3 is 118 Å². The van der Waals surface area contributed by atoms with Gasteiger partial charge in [0.05, 0.1) is 80.5 Å². The zero-order chi connectivity index (χ0) is 69.6. The van der Waals surface area contributed by atoms with Crippen LogP contribution in [0.2, 0.25) is 0 Å². The van der Waals surface area contributed by atoms with Gasteiger partial charge in [-0.1, -0.05) is 15.3 Å². The Morgan fingerprint density at radius 2 is 0.856 bits per heavy atom. The van der Waals surface area contributed by atoms with E-state index in [1.165, 1.54) is 121 Å². The molecule has 8 rings (SSSR count). The fourth-order valence-electron chi connectivity index (χ4n) is 9.75. The number of hydrogen-bond acceptors (Lipinski definition) is 29. The van der Waals surface area contributed by atoms with E-state index in [2.05, 4.69) is 29.7 Å². The molecule has 2 unspecified atom stereocenters. The molecule has 0 fully saturated rings. The molecule has 498 valence electrons. The van der Waals surface area contributed by atoms with Crippen molar-refractivity contribution in [3.05, 3.63) is 179 Å². The molecule has 4 N–H and O–H groups in total. The van der Waals surface area contributed by atoms with Crippen molar-refractivity contribution in [3.63, 3.8) is 0 Å². The second kappa shape index (κ2) is 42.2. The molecule has 0 spiro atoms. The van der Waals surface area contributed by atoms with Crippen molar-refractivity contribution in [1.29, 1.82) is 0 Å². The van der Waals surface area contributed by atoms with E-state index < -0.39 is 86.3 Å². The summed E-state index contributed by atoms with van der Waals surface area (Å²) >= 11 is 9.93. The Labute approximate surface area is 654 Å². The molecular weight excluding hydrogens is 1400 g/mol. The number of nitrogens with two attached hydrogens (primary N) is 1. The summed E-state index contributed by atoms with van der Waals surface area (Å²) in [6.45, 7) is 8.23. The quantitative estimate of drug-likeness (QED) is 0.0191. The number of rotatable bonds is 20. The minimum absolute atomic E-state index is 0. The summed E-state index contributed by atoms with van der Waals surface area (Å²) < 4.78 is 74.5. The number of nitrogens with zero attached hydrogens (tertiary/aromatic N) is 12. The van der Waals surface area contributed by atoms with Crippen molar-refractivity contribution in [3.8, 4) is 11.5 Å². The summed E-state index contributed by atoms with van der Waals surface area (Å²) in [5.74, 6) is -4.86. The third kappa shape index (κ3) is 31.0. The van der Waals surface area contributed by atoms with E-state index in [9.17, 15) is 96.4 Å². The molecular formula is C56H59Cl2N13Na4O20S2. The average Bonchev–Trinajstić information content (AvgIpc) is 0.760. The fraction of sp³-hybridized carbons (Fsp3) is 0.321. The number of aromatic hydroxyl groups is 2. The zero-order valence-electron chi connectivity index (χ0n) is 53.6. The van der Waals surface area contributed by atoms with Gasteiger partial charge in [-0.05, 0) is 138 Å². The van der Waals surface area contributed by atoms with Gasteiger partial charge in [-0.2, -0.15) is 5.11 Å². The number of halogens is 2. The number of hydrogen-bond donors (Lipinski definition) is 3. The molecule has 0 bridgehead atoms. The number of nitrogen functional groups attached to an aromatic ring is 1. The minimum Gasteiger partial charge on any atom is -0.748 e. The molecule has 0 amide bonds. The molecule has 2 atom stereocenters. The van der Waals surface area contributed by atoms with E-state index in [0.717, 1.165) is 0 Å². The number of carboxylic acid groups (broad SMARTS) is 2. The molecule has 2 aliphatic rings. The Hall–Kier alpha value is -5.94. The molecule has 41 heteroatoms. The number of fused-ring (bicyclic) bond motifs is 2. The van der Waals surface area contributed by atoms with E-state index in [4.69, 9.17) is 29.3 Å². The molecule has 0 aromatic heterocycles. The van der Waals surface area contributed by atoms with Gasteiger partial charge in [0.15, 0.2) is 0 Å². The normalized spacial score (nSPS) is 14.7. The first-order valence-corrected chi connectivity index (χ1v) is 31.0. The molecule has 97 heavy (non-hydrogen) atoms. The summed E-state index contributed by atoms with van der Waals surface area (Å²) in [5.41, 5.74) is 8.22. The molecule has 0 aliphatic carbocycles. The maximum atomic E-state index is 11.6. The summed E-state index contributed by atoms with van der Waals surface area (Å²) in [4.78, 5) is 64.6. The van der Waals surface area contributed by atoms with Crippen molar-refractivity contribution in [1.82, 2.24) is 0 Å². The number of carbonyl (C=O) groups excluding carboxylic acids is 2. The molecule has 2 aliphatic heterocycles. The SMILES string of the molecule is CC1(C)CC(CS(=O)(=O)[O-])c2cc(N=Nc3ccc([N+](=O)[O-])cc3)c(O)cc2N1CCCC(=O)[O-].CC1(C)CC(CS(=O)(=O)[O-])c2ccc(O)cc2N1CCCC(=O)[O-].Nc1ccc([N+](=O)[O-])cc1.O=[N+]([O-])c1ccc(N=NCl)cc1.O=[N+]([O-])c1ccc(N=NCl)cc1.[Na+].[Na+].[Na+].[Na+]. The van der Waals surface area contributed by atoms with Gasteiger partial charge in [-0.25, -0.2) is 16.8 Å². The smallest absolute Gasteiger partial charge is 0.748 e. The fourth-order valence-corrected chi connectivity index (χ4v) is 11.5. The van der Waals surface area contributed by atoms with Crippen LogP contribution in [0.3, 0.4) is 0 Å². The monoisotopic (exact) mass is 1460 g/mol. The van der Waals surface area contributed by atoms with Crippen molar-refractivity contribution >= 4 is 118 Å². The first-order valence-electron chi connectivity index (χ1n) is 27.1. The van der Waals surface area contributed by atoms with Crippen LogP contribution in [0.25, 0.3) is 0 Å². The Kier molecular flexibility index (Phi) is 39.6. The molecule has 0 saturated heterocycles. The van der Waals surface area contributed by atoms with Crippen LogP contribution in [0.5, 0.6) is 11.5 Å². The number of non-ortho nitro benzene ring substituents is 4. The van der Waals surface area contributed by atoms with Crippen LogP contribution in [0, 0.1) is 40.5 Å². The van der Waals surface area contributed by atoms with E-state index in [-0.39, 0.29) is 190 Å². The average molecular weight is 1460 g/mol. The molecule has 0 radical (unpaired) electrons. The van der Waals surface area contributed by atoms with Gasteiger partial charge in [0, 0.05) is 137 Å². The predicted octanol–water partition coefficient (Wildman–Crippen LogP) is -1.74. The van der Waals surface area contributed by atoms with Gasteiger partial charge in [0.1, 0.15) is 17.2 Å². The second-order valence-corrected chi connectivity index (χ2v) is 24.7. The van der Waals surface area contributed by atoms with Gasteiger partial charge in [-0.3, -0.25) is 40.5 Å². The zero-order valence-corrected chi connectivity index (χ0v) is 64.8. The van der Waals surface area contributed by atoms with Crippen molar-refractivity contribution in [2.75, 3.05) is 40.1 Å². The van der Waals surface area contributed by atoms with E-state index in [0.29, 0.717) is 65.5 Å². The summed E-state index contributed by atoms with van der Waals surface area (Å²) in [7, 11) is -8.97. The Morgan fingerprint density at radius 3 is 1.19 bits per heavy atom. The Balaban J connectivity index is 0.00000128. The topological polar surface area (TPSA) is 514 Å². The maximum absolute atomic E-state index is 11.6. The standard InChI is InChI=1S/C22H26N4O8S.C16H23NO6S.2C6H4ClN3O2.C6H6N2O2.4Na/c1-22(2)12-14(13-35(32,33)34)17-10-18(24-23-15-5-7-16(8-6-15)26(30)31)20(27)11-19(17)25(22)9-3-4-21(28)29;1-16(2)9-11(10-24(21,22)23)13-6-5-12(18)8-14(13)17(16)7-3-4-15(19)20;2*7-9-8-5-1-3-6(4-2-5)10(11)12;7-5-1-3-6(4-2-5)8(9)10;;;;/h5-8,10-11,14,27H,3-4,9,12-13H2,1-2H3,(H,28,29)(H,32,33,34);5-6,8,11,18H,3-4,7,9-10H2,1-2H3,(H,19,20)(H,21,22,23);2*1-4H;1-4H,7H2;;;;/q;;;;;4*+1/p-4. The van der Waals surface area contributed by atoms with E-state index in [1.54, 1.807) is 6.07 Å². The molecule has 6 aromatic carbocycles. The Morgan fingerprint density at radius 1 is 0.526 bits per heavy atom. The number of nitro groups is 4. The van der Waals surface area contributed by atoms with Crippen molar-refractivity contribution in [2.45, 2.75) is 89.1 Å². The molecule has 2 heterocycles. The number of nitro benzene ring substituents is 4. The van der Waals surface area contributed by atoms with Crippen LogP contribution in [0.15, 0.2) is 157 Å². The van der Waals surface area contributed by atoms with E-state index >= 15 is 0 Å². The number of aliphatic carboxylic acids is 2. The predicted molar refractivity (Wildman–Crippen MR) is 333 cm³/mol. The van der Waals surface area contributed by atoms with Crippen LogP contribution < -0.4 is 144 Å². The van der Waals surface area contributed by atoms with Gasteiger partial charge in [0.25, 0.3) is 22.7 Å². The van der Waals surface area contributed by atoms with Crippen molar-refractivity contribution < 1.29 is 194 Å². The minimum atomic E-state index is -4.58. The number of phenolic OH excluding ortho intramolecular Hbond substituents is 2. The second-order valence-electron chi connectivity index (χ2n) is 21.5. The van der Waals surface area contributed by atoms with Crippen molar-refractivity contribution in [2.24, 2.45) is 29.7 Å². The largest absolute Gasteiger partial charge is 1.00 e. The number of carbonyl (C=O) groups is 2. The van der Waals surface area contributed by atoms with Gasteiger partial charge < -0.3 is 54.7 Å². The molecule has 6 aromatic rings.